The fourth-order valence-corrected chi connectivity index (χ4v) is 7.68. The van der Waals surface area contributed by atoms with E-state index < -0.39 is 0 Å². The van der Waals surface area contributed by atoms with E-state index >= 15 is 0 Å². The zero-order chi connectivity index (χ0) is 36.7. The summed E-state index contributed by atoms with van der Waals surface area (Å²) in [6, 6.07) is 32.6. The Morgan fingerprint density at radius 3 is 2.15 bits per heavy atom. The van der Waals surface area contributed by atoms with Gasteiger partial charge in [0.2, 0.25) is 0 Å². The number of pyridine rings is 1. The second-order valence-corrected chi connectivity index (χ2v) is 15.7. The minimum Gasteiger partial charge on any atom is -0.457 e. The topological polar surface area (TPSA) is 44.9 Å². The lowest BCUT2D eigenvalue weighted by atomic mass is 9.92. The Bertz CT molecular complexity index is 2370. The van der Waals surface area contributed by atoms with E-state index in [4.69, 9.17) is 14.8 Å². The molecule has 3 aromatic heterocycles. The molecule has 5 nitrogen and oxygen atoms in total. The number of fused-ring (bicyclic) bond motifs is 3. The van der Waals surface area contributed by atoms with Gasteiger partial charge in [-0.15, -0.1) is 0 Å². The third-order valence-electron chi connectivity index (χ3n) is 10.2. The van der Waals surface area contributed by atoms with E-state index in [1.165, 1.54) is 49.8 Å². The molecule has 0 radical (unpaired) electrons. The number of nitrogens with zero attached hydrogens (tertiary/aromatic N) is 4. The second-order valence-electron chi connectivity index (χ2n) is 15.7. The van der Waals surface area contributed by atoms with Crippen molar-refractivity contribution in [2.45, 2.75) is 87.5 Å². The molecule has 0 spiro atoms. The SMILES string of the molecule is Cc1cccc(C)c1-c1c(C)nn(-c2cc(Oc3ccc4c5ccccc5n(-c5cc(CC(C)C)ccn5)c4c3)cc(C(C)C)c2)c1CCC(C)C. The average molecular weight is 689 g/mol. The summed E-state index contributed by atoms with van der Waals surface area (Å²) in [5.74, 6) is 3.97. The molecule has 0 aliphatic carbocycles. The molecule has 0 bridgehead atoms. The zero-order valence-corrected chi connectivity index (χ0v) is 32.3. The second kappa shape index (κ2) is 14.5. The average Bonchev–Trinajstić information content (AvgIpc) is 3.60. The highest BCUT2D eigenvalue weighted by Crippen LogP contribution is 2.39. The van der Waals surface area contributed by atoms with Crippen LogP contribution in [0.4, 0.5) is 0 Å². The van der Waals surface area contributed by atoms with Crippen LogP contribution in [-0.2, 0) is 12.8 Å². The van der Waals surface area contributed by atoms with Gasteiger partial charge < -0.3 is 4.74 Å². The maximum Gasteiger partial charge on any atom is 0.137 e. The molecule has 0 amide bonds. The maximum atomic E-state index is 6.83. The van der Waals surface area contributed by atoms with Gasteiger partial charge in [-0.05, 0) is 128 Å². The van der Waals surface area contributed by atoms with E-state index in [9.17, 15) is 0 Å². The quantitative estimate of drug-likeness (QED) is 0.136. The summed E-state index contributed by atoms with van der Waals surface area (Å²) in [7, 11) is 0. The fourth-order valence-electron chi connectivity index (χ4n) is 7.68. The smallest absolute Gasteiger partial charge is 0.137 e. The van der Waals surface area contributed by atoms with E-state index in [1.54, 1.807) is 0 Å². The number of aryl methyl sites for hydroxylation is 3. The third-order valence-corrected chi connectivity index (χ3v) is 10.2. The van der Waals surface area contributed by atoms with E-state index in [2.05, 4.69) is 163 Å². The normalized spacial score (nSPS) is 11.9. The molecule has 0 unspecified atom stereocenters. The number of aromatic nitrogens is 4. The van der Waals surface area contributed by atoms with Gasteiger partial charge in [-0.3, -0.25) is 4.57 Å². The predicted octanol–water partition coefficient (Wildman–Crippen LogP) is 12.7. The Kier molecular flexibility index (Phi) is 9.80. The summed E-state index contributed by atoms with van der Waals surface area (Å²) in [6.07, 6.45) is 4.97. The number of para-hydroxylation sites is 1. The van der Waals surface area contributed by atoms with Crippen molar-refractivity contribution in [3.8, 4) is 34.1 Å². The molecule has 3 heterocycles. The van der Waals surface area contributed by atoms with E-state index in [0.29, 0.717) is 17.8 Å². The van der Waals surface area contributed by atoms with Crippen molar-refractivity contribution < 1.29 is 4.74 Å². The summed E-state index contributed by atoms with van der Waals surface area (Å²) in [5.41, 5.74) is 13.2. The molecule has 7 rings (SSSR count). The third kappa shape index (κ3) is 6.89. The number of benzene rings is 4. The molecule has 0 aliphatic heterocycles. The highest BCUT2D eigenvalue weighted by Gasteiger charge is 2.22. The Labute approximate surface area is 309 Å². The standard InChI is InChI=1S/C47H52N4O/c1-29(2)17-20-43-47(46-32(7)13-12-14-33(46)8)34(9)49-51(43)37-25-36(31(5)6)26-39(27-37)52-38-18-19-41-40-15-10-11-16-42(40)50(44(41)28-38)45-24-35(21-22-48-45)23-30(3)4/h10-16,18-19,21-22,24-31H,17,20,23H2,1-9H3. The van der Waals surface area contributed by atoms with Crippen LogP contribution in [0.3, 0.4) is 0 Å². The molecule has 0 aliphatic rings. The molecule has 7 aromatic rings. The Morgan fingerprint density at radius 2 is 1.42 bits per heavy atom. The Balaban J connectivity index is 1.35. The van der Waals surface area contributed by atoms with Crippen molar-refractivity contribution in [3.05, 3.63) is 131 Å². The summed E-state index contributed by atoms with van der Waals surface area (Å²) in [6.45, 7) is 20.2. The van der Waals surface area contributed by atoms with Crippen LogP contribution in [0.15, 0.2) is 97.2 Å². The molecule has 0 saturated carbocycles. The minimum atomic E-state index is 0.311. The first-order chi connectivity index (χ1) is 25.0. The molecule has 0 N–H and O–H groups in total. The first-order valence-electron chi connectivity index (χ1n) is 18.9. The maximum absolute atomic E-state index is 6.83. The summed E-state index contributed by atoms with van der Waals surface area (Å²) >= 11 is 0. The fraction of sp³-hybridized carbons (Fsp3) is 0.319. The molecule has 5 heteroatoms. The van der Waals surface area contributed by atoms with Gasteiger partial charge in [-0.25, -0.2) is 9.67 Å². The van der Waals surface area contributed by atoms with Crippen LogP contribution in [0.25, 0.3) is 44.4 Å². The van der Waals surface area contributed by atoms with Crippen molar-refractivity contribution in [1.29, 1.82) is 0 Å². The van der Waals surface area contributed by atoms with E-state index in [-0.39, 0.29) is 0 Å². The molecule has 0 saturated heterocycles. The molecule has 52 heavy (non-hydrogen) atoms. The molecule has 4 aromatic carbocycles. The predicted molar refractivity (Wildman–Crippen MR) is 218 cm³/mol. The van der Waals surface area contributed by atoms with Gasteiger partial charge in [-0.1, -0.05) is 77.9 Å². The monoisotopic (exact) mass is 688 g/mol. The number of hydrogen-bond donors (Lipinski definition) is 0. The highest BCUT2D eigenvalue weighted by molar-refractivity contribution is 6.09. The first kappa shape index (κ1) is 35.3. The Hall–Kier alpha value is -5.16. The van der Waals surface area contributed by atoms with Gasteiger partial charge in [0.15, 0.2) is 0 Å². The molecular weight excluding hydrogens is 637 g/mol. The van der Waals surface area contributed by atoms with Gasteiger partial charge in [0.25, 0.3) is 0 Å². The minimum absolute atomic E-state index is 0.311. The molecule has 266 valence electrons. The van der Waals surface area contributed by atoms with Crippen molar-refractivity contribution in [1.82, 2.24) is 19.3 Å². The van der Waals surface area contributed by atoms with Gasteiger partial charge in [-0.2, -0.15) is 5.10 Å². The van der Waals surface area contributed by atoms with E-state index in [0.717, 1.165) is 59.0 Å². The van der Waals surface area contributed by atoms with Gasteiger partial charge >= 0.3 is 0 Å². The summed E-state index contributed by atoms with van der Waals surface area (Å²) < 4.78 is 11.3. The molecule has 0 atom stereocenters. The van der Waals surface area contributed by atoms with Gasteiger partial charge in [0, 0.05) is 34.7 Å². The summed E-state index contributed by atoms with van der Waals surface area (Å²) in [4.78, 5) is 4.87. The lowest BCUT2D eigenvalue weighted by Crippen LogP contribution is -2.06. The van der Waals surface area contributed by atoms with Crippen LogP contribution in [-0.4, -0.2) is 19.3 Å². The molecule has 0 fully saturated rings. The lowest BCUT2D eigenvalue weighted by Gasteiger charge is -2.17. The number of hydrogen-bond acceptors (Lipinski definition) is 3. The van der Waals surface area contributed by atoms with Crippen molar-refractivity contribution in [3.63, 3.8) is 0 Å². The van der Waals surface area contributed by atoms with Crippen molar-refractivity contribution >= 4 is 21.8 Å². The number of ether oxygens (including phenoxy) is 1. The summed E-state index contributed by atoms with van der Waals surface area (Å²) in [5, 5.41) is 7.63. The van der Waals surface area contributed by atoms with Crippen molar-refractivity contribution in [2.75, 3.05) is 0 Å². The lowest BCUT2D eigenvalue weighted by molar-refractivity contribution is 0.481. The van der Waals surface area contributed by atoms with Crippen molar-refractivity contribution in [2.24, 2.45) is 11.8 Å². The van der Waals surface area contributed by atoms with Gasteiger partial charge in [0.1, 0.15) is 17.3 Å². The molecular formula is C47H52N4O. The van der Waals surface area contributed by atoms with E-state index in [1.807, 2.05) is 6.20 Å². The van der Waals surface area contributed by atoms with Crippen LogP contribution in [0, 0.1) is 32.6 Å². The van der Waals surface area contributed by atoms with Crippen LogP contribution >= 0.6 is 0 Å². The zero-order valence-electron chi connectivity index (χ0n) is 32.3. The largest absolute Gasteiger partial charge is 0.457 e. The van der Waals surface area contributed by atoms with Crippen LogP contribution in [0.1, 0.15) is 87.5 Å². The van der Waals surface area contributed by atoms with Crippen LogP contribution in [0.2, 0.25) is 0 Å². The number of rotatable bonds is 11. The Morgan fingerprint density at radius 1 is 0.673 bits per heavy atom. The highest BCUT2D eigenvalue weighted by atomic mass is 16.5. The van der Waals surface area contributed by atoms with Crippen LogP contribution < -0.4 is 4.74 Å². The van der Waals surface area contributed by atoms with Gasteiger partial charge in [0.05, 0.1) is 28.1 Å². The first-order valence-corrected chi connectivity index (χ1v) is 18.9. The van der Waals surface area contributed by atoms with Crippen LogP contribution in [0.5, 0.6) is 11.5 Å².